The molecule has 1 amide bonds. The summed E-state index contributed by atoms with van der Waals surface area (Å²) in [6.07, 6.45) is 2.69. The van der Waals surface area contributed by atoms with Crippen LogP contribution in [-0.2, 0) is 4.79 Å². The second kappa shape index (κ2) is 7.47. The Morgan fingerprint density at radius 2 is 1.91 bits per heavy atom. The summed E-state index contributed by atoms with van der Waals surface area (Å²) in [5, 5.41) is 3.28. The van der Waals surface area contributed by atoms with Gasteiger partial charge in [-0.3, -0.25) is 4.79 Å². The Hall–Kier alpha value is -1.06. The normalized spacial score (nSPS) is 22.8. The zero-order valence-corrected chi connectivity index (χ0v) is 14.9. The van der Waals surface area contributed by atoms with E-state index in [1.54, 1.807) is 0 Å². The van der Waals surface area contributed by atoms with Gasteiger partial charge >= 0.3 is 0 Å². The standard InChI is InChI=1S/C18H28N2O.ClH/c1-12-7-5-6-8-15(12)16(18(2,3)4)20-17(21)13-9-10-14(19)11-13;/h5-8,13-14,16H,9-11,19H2,1-4H3,(H,20,21);1H. The summed E-state index contributed by atoms with van der Waals surface area (Å²) in [6.45, 7) is 8.62. The van der Waals surface area contributed by atoms with Gasteiger partial charge in [0.15, 0.2) is 0 Å². The van der Waals surface area contributed by atoms with Gasteiger partial charge in [-0.15, -0.1) is 12.4 Å². The lowest BCUT2D eigenvalue weighted by Crippen LogP contribution is -2.40. The molecule has 0 saturated heterocycles. The van der Waals surface area contributed by atoms with Gasteiger partial charge in [0.25, 0.3) is 0 Å². The second-order valence-electron chi connectivity index (χ2n) is 7.43. The molecule has 1 aromatic carbocycles. The molecule has 0 aromatic heterocycles. The van der Waals surface area contributed by atoms with E-state index in [0.717, 1.165) is 19.3 Å². The lowest BCUT2D eigenvalue weighted by molar-refractivity contribution is -0.126. The number of hydrogen-bond donors (Lipinski definition) is 2. The van der Waals surface area contributed by atoms with Crippen LogP contribution in [0.2, 0.25) is 0 Å². The molecule has 1 fully saturated rings. The summed E-state index contributed by atoms with van der Waals surface area (Å²) in [6, 6.07) is 8.52. The van der Waals surface area contributed by atoms with E-state index < -0.39 is 0 Å². The van der Waals surface area contributed by atoms with Gasteiger partial charge < -0.3 is 11.1 Å². The van der Waals surface area contributed by atoms with Crippen LogP contribution in [0.5, 0.6) is 0 Å². The molecule has 1 aliphatic rings. The van der Waals surface area contributed by atoms with Gasteiger partial charge in [0.05, 0.1) is 6.04 Å². The molecule has 124 valence electrons. The maximum atomic E-state index is 12.6. The minimum Gasteiger partial charge on any atom is -0.349 e. The van der Waals surface area contributed by atoms with Gasteiger partial charge in [0.2, 0.25) is 5.91 Å². The van der Waals surface area contributed by atoms with Crippen LogP contribution in [0.3, 0.4) is 0 Å². The topological polar surface area (TPSA) is 55.1 Å². The first kappa shape index (κ1) is 19.0. The minimum absolute atomic E-state index is 0. The van der Waals surface area contributed by atoms with Crippen molar-refractivity contribution < 1.29 is 4.79 Å². The predicted molar refractivity (Wildman–Crippen MR) is 94.1 cm³/mol. The third-order valence-electron chi connectivity index (χ3n) is 4.50. The molecule has 3 atom stereocenters. The zero-order chi connectivity index (χ0) is 15.6. The van der Waals surface area contributed by atoms with Crippen molar-refractivity contribution in [2.75, 3.05) is 0 Å². The number of benzene rings is 1. The molecule has 1 saturated carbocycles. The van der Waals surface area contributed by atoms with Gasteiger partial charge in [-0.1, -0.05) is 45.0 Å². The molecule has 1 aromatic rings. The molecular formula is C18H29ClN2O. The molecule has 1 aliphatic carbocycles. The molecule has 3 N–H and O–H groups in total. The predicted octanol–water partition coefficient (Wildman–Crippen LogP) is 3.75. The Morgan fingerprint density at radius 3 is 2.41 bits per heavy atom. The summed E-state index contributed by atoms with van der Waals surface area (Å²) in [7, 11) is 0. The third kappa shape index (κ3) is 4.47. The summed E-state index contributed by atoms with van der Waals surface area (Å²) in [5.74, 6) is 0.236. The first-order valence-corrected chi connectivity index (χ1v) is 7.90. The van der Waals surface area contributed by atoms with E-state index in [0.29, 0.717) is 0 Å². The fraction of sp³-hybridized carbons (Fsp3) is 0.611. The van der Waals surface area contributed by atoms with Crippen LogP contribution in [0.4, 0.5) is 0 Å². The molecule has 3 unspecified atom stereocenters. The highest BCUT2D eigenvalue weighted by atomic mass is 35.5. The number of nitrogens with two attached hydrogens (primary N) is 1. The van der Waals surface area contributed by atoms with Crippen molar-refractivity contribution in [2.24, 2.45) is 17.1 Å². The average molecular weight is 325 g/mol. The Morgan fingerprint density at radius 1 is 1.27 bits per heavy atom. The quantitative estimate of drug-likeness (QED) is 0.889. The number of nitrogens with one attached hydrogen (secondary N) is 1. The molecule has 0 radical (unpaired) electrons. The highest BCUT2D eigenvalue weighted by Gasteiger charge is 2.33. The van der Waals surface area contributed by atoms with Crippen LogP contribution in [0, 0.1) is 18.3 Å². The highest BCUT2D eigenvalue weighted by molar-refractivity contribution is 5.85. The molecule has 0 spiro atoms. The second-order valence-corrected chi connectivity index (χ2v) is 7.43. The maximum Gasteiger partial charge on any atom is 0.223 e. The van der Waals surface area contributed by atoms with E-state index in [1.807, 2.05) is 12.1 Å². The minimum atomic E-state index is -0.0253. The largest absolute Gasteiger partial charge is 0.349 e. The first-order chi connectivity index (χ1) is 9.79. The number of amides is 1. The van der Waals surface area contributed by atoms with Crippen molar-refractivity contribution >= 4 is 18.3 Å². The highest BCUT2D eigenvalue weighted by Crippen LogP contribution is 2.35. The van der Waals surface area contributed by atoms with Crippen LogP contribution in [-0.4, -0.2) is 11.9 Å². The van der Waals surface area contributed by atoms with Crippen molar-refractivity contribution in [3.8, 4) is 0 Å². The van der Waals surface area contributed by atoms with Gasteiger partial charge in [-0.25, -0.2) is 0 Å². The number of carbonyl (C=O) groups is 1. The maximum absolute atomic E-state index is 12.6. The molecule has 4 heteroatoms. The molecule has 3 nitrogen and oxygen atoms in total. The Labute approximate surface area is 140 Å². The van der Waals surface area contributed by atoms with Crippen molar-refractivity contribution in [1.82, 2.24) is 5.32 Å². The van der Waals surface area contributed by atoms with Gasteiger partial charge in [-0.05, 0) is 42.7 Å². The monoisotopic (exact) mass is 324 g/mol. The van der Waals surface area contributed by atoms with Crippen LogP contribution in [0.25, 0.3) is 0 Å². The van der Waals surface area contributed by atoms with Crippen LogP contribution in [0.15, 0.2) is 24.3 Å². The molecular weight excluding hydrogens is 296 g/mol. The fourth-order valence-electron chi connectivity index (χ4n) is 3.19. The van der Waals surface area contributed by atoms with E-state index in [4.69, 9.17) is 5.73 Å². The SMILES string of the molecule is Cc1ccccc1C(NC(=O)C1CCC(N)C1)C(C)(C)C.Cl. The van der Waals surface area contributed by atoms with E-state index in [-0.39, 0.29) is 41.7 Å². The van der Waals surface area contributed by atoms with Crippen LogP contribution in [0.1, 0.15) is 57.2 Å². The Balaban J connectivity index is 0.00000242. The summed E-state index contributed by atoms with van der Waals surface area (Å²) >= 11 is 0. The van der Waals surface area contributed by atoms with Gasteiger partial charge in [-0.2, -0.15) is 0 Å². The molecule has 22 heavy (non-hydrogen) atoms. The smallest absolute Gasteiger partial charge is 0.223 e. The Kier molecular flexibility index (Phi) is 6.45. The lowest BCUT2D eigenvalue weighted by atomic mass is 9.80. The molecule has 0 heterocycles. The van der Waals surface area contributed by atoms with Crippen molar-refractivity contribution in [3.05, 3.63) is 35.4 Å². The summed E-state index contributed by atoms with van der Waals surface area (Å²) in [5.41, 5.74) is 8.34. The number of aryl methyl sites for hydroxylation is 1. The van der Waals surface area contributed by atoms with Crippen molar-refractivity contribution in [1.29, 1.82) is 0 Å². The lowest BCUT2D eigenvalue weighted by Gasteiger charge is -2.34. The van der Waals surface area contributed by atoms with E-state index >= 15 is 0 Å². The number of rotatable bonds is 3. The molecule has 0 bridgehead atoms. The Bertz CT molecular complexity index is 510. The summed E-state index contributed by atoms with van der Waals surface area (Å²) < 4.78 is 0. The van der Waals surface area contributed by atoms with Gasteiger partial charge in [0.1, 0.15) is 0 Å². The zero-order valence-electron chi connectivity index (χ0n) is 14.1. The van der Waals surface area contributed by atoms with E-state index in [9.17, 15) is 4.79 Å². The van der Waals surface area contributed by atoms with Crippen LogP contribution < -0.4 is 11.1 Å². The van der Waals surface area contributed by atoms with Crippen molar-refractivity contribution in [2.45, 2.75) is 59.0 Å². The number of hydrogen-bond acceptors (Lipinski definition) is 2. The third-order valence-corrected chi connectivity index (χ3v) is 4.50. The van der Waals surface area contributed by atoms with Crippen LogP contribution >= 0.6 is 12.4 Å². The van der Waals surface area contributed by atoms with E-state index in [1.165, 1.54) is 11.1 Å². The fourth-order valence-corrected chi connectivity index (χ4v) is 3.19. The van der Waals surface area contributed by atoms with Crippen molar-refractivity contribution in [3.63, 3.8) is 0 Å². The number of halogens is 1. The van der Waals surface area contributed by atoms with E-state index in [2.05, 4.69) is 45.1 Å². The average Bonchev–Trinajstić information content (AvgIpc) is 2.82. The number of carbonyl (C=O) groups excluding carboxylic acids is 1. The molecule has 0 aliphatic heterocycles. The first-order valence-electron chi connectivity index (χ1n) is 7.90. The van der Waals surface area contributed by atoms with Gasteiger partial charge in [0, 0.05) is 12.0 Å². The summed E-state index contributed by atoms with van der Waals surface area (Å²) in [4.78, 5) is 12.6. The molecule has 2 rings (SSSR count).